The second kappa shape index (κ2) is 11.8. The molecule has 1 saturated carbocycles. The number of hydrogen-bond donors (Lipinski definition) is 1. The van der Waals surface area contributed by atoms with Gasteiger partial charge in [-0.25, -0.2) is 0 Å². The quantitative estimate of drug-likeness (QED) is 0.479. The van der Waals surface area contributed by atoms with Gasteiger partial charge >= 0.3 is 0 Å². The summed E-state index contributed by atoms with van der Waals surface area (Å²) in [6.07, 6.45) is 4.65. The van der Waals surface area contributed by atoms with E-state index in [0.29, 0.717) is 27.8 Å². The average Bonchev–Trinajstić information content (AvgIpc) is 3.29. The third kappa shape index (κ3) is 6.64. The molecule has 0 aliphatic heterocycles. The lowest BCUT2D eigenvalue weighted by Crippen LogP contribution is -2.52. The Hall–Kier alpha value is -2.24. The average molecular weight is 491 g/mol. The van der Waals surface area contributed by atoms with E-state index in [1.165, 1.54) is 0 Å². The van der Waals surface area contributed by atoms with Gasteiger partial charge in [-0.3, -0.25) is 9.59 Å². The number of carbonyl (C=O) groups is 2. The van der Waals surface area contributed by atoms with Crippen LogP contribution in [0.3, 0.4) is 0 Å². The monoisotopic (exact) mass is 490 g/mol. The molecular weight excluding hydrogens is 459 g/mol. The topological polar surface area (TPSA) is 58.6 Å². The van der Waals surface area contributed by atoms with Crippen molar-refractivity contribution in [1.82, 2.24) is 10.2 Å². The van der Waals surface area contributed by atoms with Crippen LogP contribution in [0.25, 0.3) is 0 Å². The van der Waals surface area contributed by atoms with E-state index in [1.807, 2.05) is 39.0 Å². The second-order valence-corrected chi connectivity index (χ2v) is 9.49. The Morgan fingerprint density at radius 1 is 1.09 bits per heavy atom. The van der Waals surface area contributed by atoms with Crippen molar-refractivity contribution >= 4 is 35.0 Å². The number of nitrogens with zero attached hydrogens (tertiary/aromatic N) is 1. The van der Waals surface area contributed by atoms with Crippen LogP contribution in [-0.4, -0.2) is 35.4 Å². The SMILES string of the molecule is CC[C@@H](C(=O)NC1CCCC1)N(Cc1c(Cl)cccc1Cl)C(=O)COc1ccc(C)c(C)c1. The van der Waals surface area contributed by atoms with Crippen molar-refractivity contribution in [2.45, 2.75) is 71.5 Å². The molecule has 1 atom stereocenters. The lowest BCUT2D eigenvalue weighted by Gasteiger charge is -2.32. The molecule has 1 aliphatic rings. The number of amides is 2. The Morgan fingerprint density at radius 2 is 1.76 bits per heavy atom. The molecule has 5 nitrogen and oxygen atoms in total. The number of benzene rings is 2. The van der Waals surface area contributed by atoms with Crippen LogP contribution in [0.1, 0.15) is 55.7 Å². The van der Waals surface area contributed by atoms with Gasteiger partial charge in [-0.1, -0.05) is 55.1 Å². The minimum absolute atomic E-state index is 0.129. The van der Waals surface area contributed by atoms with Gasteiger partial charge < -0.3 is 15.0 Å². The van der Waals surface area contributed by atoms with Crippen molar-refractivity contribution in [3.8, 4) is 5.75 Å². The first-order chi connectivity index (χ1) is 15.8. The summed E-state index contributed by atoms with van der Waals surface area (Å²) in [5.74, 6) is 0.176. The third-order valence-corrected chi connectivity index (χ3v) is 7.03. The third-order valence-electron chi connectivity index (χ3n) is 6.32. The van der Waals surface area contributed by atoms with Crippen LogP contribution in [0.15, 0.2) is 36.4 Å². The van der Waals surface area contributed by atoms with Crippen molar-refractivity contribution in [1.29, 1.82) is 0 Å². The van der Waals surface area contributed by atoms with Gasteiger partial charge in [-0.15, -0.1) is 0 Å². The van der Waals surface area contributed by atoms with Crippen LogP contribution in [0.2, 0.25) is 10.0 Å². The molecule has 3 rings (SSSR count). The lowest BCUT2D eigenvalue weighted by molar-refractivity contribution is -0.143. The minimum atomic E-state index is -0.645. The summed E-state index contributed by atoms with van der Waals surface area (Å²) in [6, 6.07) is 10.4. The maximum atomic E-state index is 13.4. The molecule has 0 radical (unpaired) electrons. The molecule has 2 aromatic carbocycles. The summed E-state index contributed by atoms with van der Waals surface area (Å²) in [4.78, 5) is 28.1. The number of carbonyl (C=O) groups excluding carboxylic acids is 2. The molecule has 33 heavy (non-hydrogen) atoms. The Bertz CT molecular complexity index is 969. The molecule has 0 saturated heterocycles. The van der Waals surface area contributed by atoms with Crippen molar-refractivity contribution in [2.75, 3.05) is 6.61 Å². The van der Waals surface area contributed by atoms with E-state index >= 15 is 0 Å². The maximum Gasteiger partial charge on any atom is 0.261 e. The predicted molar refractivity (Wildman–Crippen MR) is 133 cm³/mol. The number of hydrogen-bond acceptors (Lipinski definition) is 3. The highest BCUT2D eigenvalue weighted by molar-refractivity contribution is 6.36. The Labute approximate surface area is 206 Å². The fourth-order valence-electron chi connectivity index (χ4n) is 4.17. The summed E-state index contributed by atoms with van der Waals surface area (Å²) < 4.78 is 5.80. The molecule has 7 heteroatoms. The van der Waals surface area contributed by atoms with E-state index in [9.17, 15) is 9.59 Å². The molecule has 1 fully saturated rings. The van der Waals surface area contributed by atoms with E-state index in [0.717, 1.165) is 36.8 Å². The van der Waals surface area contributed by atoms with Crippen molar-refractivity contribution in [2.24, 2.45) is 0 Å². The summed E-state index contributed by atoms with van der Waals surface area (Å²) in [7, 11) is 0. The van der Waals surface area contributed by atoms with Gasteiger partial charge in [-0.2, -0.15) is 0 Å². The van der Waals surface area contributed by atoms with E-state index in [4.69, 9.17) is 27.9 Å². The van der Waals surface area contributed by atoms with Gasteiger partial charge in [0.05, 0.1) is 0 Å². The zero-order chi connectivity index (χ0) is 24.0. The van der Waals surface area contributed by atoms with Gasteiger partial charge in [0.1, 0.15) is 11.8 Å². The van der Waals surface area contributed by atoms with Gasteiger partial charge in [-0.05, 0) is 68.5 Å². The fourth-order valence-corrected chi connectivity index (χ4v) is 4.69. The zero-order valence-corrected chi connectivity index (χ0v) is 21.0. The predicted octanol–water partition coefficient (Wildman–Crippen LogP) is 5.86. The van der Waals surface area contributed by atoms with E-state index in [1.54, 1.807) is 23.1 Å². The van der Waals surface area contributed by atoms with Gasteiger partial charge in [0.2, 0.25) is 5.91 Å². The Kier molecular flexibility index (Phi) is 9.04. The summed E-state index contributed by atoms with van der Waals surface area (Å²) in [6.45, 7) is 5.86. The molecule has 1 N–H and O–H groups in total. The van der Waals surface area contributed by atoms with Crippen molar-refractivity contribution < 1.29 is 14.3 Å². The van der Waals surface area contributed by atoms with Crippen LogP contribution >= 0.6 is 23.2 Å². The highest BCUT2D eigenvalue weighted by Crippen LogP contribution is 2.27. The summed E-state index contributed by atoms with van der Waals surface area (Å²) >= 11 is 12.8. The summed E-state index contributed by atoms with van der Waals surface area (Å²) in [5, 5.41) is 4.05. The van der Waals surface area contributed by atoms with Gasteiger partial charge in [0.25, 0.3) is 5.91 Å². The first-order valence-electron chi connectivity index (χ1n) is 11.5. The van der Waals surface area contributed by atoms with E-state index < -0.39 is 6.04 Å². The van der Waals surface area contributed by atoms with Crippen LogP contribution in [0.5, 0.6) is 5.75 Å². The fraction of sp³-hybridized carbons (Fsp3) is 0.462. The molecule has 178 valence electrons. The van der Waals surface area contributed by atoms with Crippen LogP contribution in [0.4, 0.5) is 0 Å². The highest BCUT2D eigenvalue weighted by atomic mass is 35.5. The second-order valence-electron chi connectivity index (χ2n) is 8.67. The maximum absolute atomic E-state index is 13.4. The number of rotatable bonds is 9. The first kappa shape index (κ1) is 25.4. The molecule has 0 aromatic heterocycles. The number of ether oxygens (including phenoxy) is 1. The van der Waals surface area contributed by atoms with Gasteiger partial charge in [0, 0.05) is 28.2 Å². The van der Waals surface area contributed by atoms with E-state index in [2.05, 4.69) is 5.32 Å². The van der Waals surface area contributed by atoms with Gasteiger partial charge in [0.15, 0.2) is 6.61 Å². The number of aryl methyl sites for hydroxylation is 2. The number of nitrogens with one attached hydrogen (secondary N) is 1. The normalized spacial score (nSPS) is 14.7. The summed E-state index contributed by atoms with van der Waals surface area (Å²) in [5.41, 5.74) is 2.85. The van der Waals surface area contributed by atoms with Crippen LogP contribution < -0.4 is 10.1 Å². The first-order valence-corrected chi connectivity index (χ1v) is 12.3. The molecule has 0 spiro atoms. The molecule has 0 unspecified atom stereocenters. The van der Waals surface area contributed by atoms with Crippen molar-refractivity contribution in [3.05, 3.63) is 63.1 Å². The Morgan fingerprint density at radius 3 is 2.36 bits per heavy atom. The van der Waals surface area contributed by atoms with Crippen molar-refractivity contribution in [3.63, 3.8) is 0 Å². The lowest BCUT2D eigenvalue weighted by atomic mass is 10.1. The molecule has 0 bridgehead atoms. The highest BCUT2D eigenvalue weighted by Gasteiger charge is 2.31. The van der Waals surface area contributed by atoms with Crippen LogP contribution in [0, 0.1) is 13.8 Å². The van der Waals surface area contributed by atoms with Crippen LogP contribution in [-0.2, 0) is 16.1 Å². The standard InChI is InChI=1S/C26H32Cl2N2O3/c1-4-24(26(32)29-19-8-5-6-9-19)30(15-21-22(27)10-7-11-23(21)28)25(31)16-33-20-13-12-17(2)18(3)14-20/h7,10-14,19,24H,4-6,8-9,15-16H2,1-3H3,(H,29,32)/t24-/m0/s1. The molecule has 2 aromatic rings. The molecule has 1 aliphatic carbocycles. The zero-order valence-electron chi connectivity index (χ0n) is 19.5. The van der Waals surface area contributed by atoms with E-state index in [-0.39, 0.29) is 31.0 Å². The smallest absolute Gasteiger partial charge is 0.261 e. The molecular formula is C26H32Cl2N2O3. The molecule has 0 heterocycles. The Balaban J connectivity index is 1.81. The molecule has 2 amide bonds. The largest absolute Gasteiger partial charge is 0.484 e. The minimum Gasteiger partial charge on any atom is -0.484 e. The number of halogens is 2.